The van der Waals surface area contributed by atoms with E-state index in [1.165, 1.54) is 6.21 Å². The Bertz CT molecular complexity index is 1500. The summed E-state index contributed by atoms with van der Waals surface area (Å²) in [6.07, 6.45) is 1.32. The molecule has 0 aliphatic carbocycles. The molecule has 180 valence electrons. The number of nitrogens with one attached hydrogen (secondary N) is 2. The van der Waals surface area contributed by atoms with Crippen LogP contribution < -0.4 is 15.5 Å². The largest absolute Gasteiger partial charge is 0.422 e. The number of anilines is 1. The van der Waals surface area contributed by atoms with Gasteiger partial charge in [-0.3, -0.25) is 9.59 Å². The van der Waals surface area contributed by atoms with E-state index in [9.17, 15) is 14.4 Å². The number of benzene rings is 4. The van der Waals surface area contributed by atoms with Crippen LogP contribution in [-0.4, -0.2) is 24.0 Å². The molecule has 0 atom stereocenters. The number of hydrogen-bond donors (Lipinski definition) is 2. The van der Waals surface area contributed by atoms with Gasteiger partial charge in [-0.2, -0.15) is 5.10 Å². The minimum absolute atomic E-state index is 0.227. The van der Waals surface area contributed by atoms with Crippen LogP contribution in [0.25, 0.3) is 10.8 Å². The molecule has 0 heterocycles. The topological polar surface area (TPSA) is 96.9 Å². The van der Waals surface area contributed by atoms with E-state index in [-0.39, 0.29) is 5.75 Å². The second-order valence-corrected chi connectivity index (χ2v) is 8.56. The van der Waals surface area contributed by atoms with Crippen molar-refractivity contribution < 1.29 is 19.1 Å². The molecule has 36 heavy (non-hydrogen) atoms. The van der Waals surface area contributed by atoms with Crippen LogP contribution in [0.4, 0.5) is 5.69 Å². The summed E-state index contributed by atoms with van der Waals surface area (Å²) in [4.78, 5) is 37.2. The van der Waals surface area contributed by atoms with Gasteiger partial charge in [-0.05, 0) is 65.7 Å². The highest BCUT2D eigenvalue weighted by Crippen LogP contribution is 2.27. The van der Waals surface area contributed by atoms with Crippen LogP contribution in [-0.2, 0) is 9.59 Å². The molecule has 7 nitrogen and oxygen atoms in total. The number of carbonyl (C=O) groups is 3. The summed E-state index contributed by atoms with van der Waals surface area (Å²) in [6, 6.07) is 22.0. The Kier molecular flexibility index (Phi) is 7.63. The summed E-state index contributed by atoms with van der Waals surface area (Å²) in [5.41, 5.74) is 4.17. The Morgan fingerprint density at radius 2 is 1.64 bits per heavy atom. The number of hydrazone groups is 1. The smallest absolute Gasteiger partial charge is 0.343 e. The standard InChI is InChI=1S/C27H19Cl2N3O4/c1-16-6-12-20(14-23(16)29)31-25(33)26(34)32-30-15-22-21-5-3-2-4-17(21)9-13-24(22)36-27(35)18-7-10-19(28)11-8-18/h2-15H,1H3,(H,31,33)(H,32,34)/b30-15-. The Morgan fingerprint density at radius 1 is 0.889 bits per heavy atom. The summed E-state index contributed by atoms with van der Waals surface area (Å²) < 4.78 is 5.61. The van der Waals surface area contributed by atoms with Crippen LogP contribution in [0.5, 0.6) is 5.75 Å². The molecule has 0 unspecified atom stereocenters. The number of hydrogen-bond acceptors (Lipinski definition) is 5. The molecule has 0 spiro atoms. The number of ether oxygens (including phenoxy) is 1. The fourth-order valence-corrected chi connectivity index (χ4v) is 3.61. The number of rotatable bonds is 5. The van der Waals surface area contributed by atoms with Crippen molar-refractivity contribution in [3.63, 3.8) is 0 Å². The van der Waals surface area contributed by atoms with Crippen LogP contribution in [0.3, 0.4) is 0 Å². The quantitative estimate of drug-likeness (QED) is 0.115. The van der Waals surface area contributed by atoms with E-state index < -0.39 is 17.8 Å². The van der Waals surface area contributed by atoms with Crippen molar-refractivity contribution in [3.05, 3.63) is 106 Å². The summed E-state index contributed by atoms with van der Waals surface area (Å²) in [6.45, 7) is 1.82. The number of carbonyl (C=O) groups excluding carboxylic acids is 3. The van der Waals surface area contributed by atoms with Crippen LogP contribution in [0.1, 0.15) is 21.5 Å². The van der Waals surface area contributed by atoms with Gasteiger partial charge in [0.2, 0.25) is 0 Å². The molecule has 0 saturated heterocycles. The highest BCUT2D eigenvalue weighted by atomic mass is 35.5. The van der Waals surface area contributed by atoms with Crippen molar-refractivity contribution in [1.29, 1.82) is 0 Å². The SMILES string of the molecule is Cc1ccc(NC(=O)C(=O)N/N=C\c2c(OC(=O)c3ccc(Cl)cc3)ccc3ccccc23)cc1Cl. The van der Waals surface area contributed by atoms with Crippen molar-refractivity contribution in [2.24, 2.45) is 5.10 Å². The normalized spacial score (nSPS) is 10.9. The monoisotopic (exact) mass is 519 g/mol. The highest BCUT2D eigenvalue weighted by Gasteiger charge is 2.15. The van der Waals surface area contributed by atoms with Gasteiger partial charge in [0.1, 0.15) is 5.75 Å². The van der Waals surface area contributed by atoms with E-state index in [0.717, 1.165) is 16.3 Å². The molecule has 4 rings (SSSR count). The van der Waals surface area contributed by atoms with Gasteiger partial charge in [-0.25, -0.2) is 10.2 Å². The molecule has 0 aliphatic rings. The van der Waals surface area contributed by atoms with Gasteiger partial charge in [-0.15, -0.1) is 0 Å². The third-order valence-electron chi connectivity index (χ3n) is 5.21. The Morgan fingerprint density at radius 3 is 2.39 bits per heavy atom. The third-order valence-corrected chi connectivity index (χ3v) is 5.87. The lowest BCUT2D eigenvalue weighted by Crippen LogP contribution is -2.32. The Balaban J connectivity index is 1.53. The molecule has 0 bridgehead atoms. The Labute approximate surface area is 216 Å². The van der Waals surface area contributed by atoms with Gasteiger partial charge in [0.05, 0.1) is 11.8 Å². The average molecular weight is 520 g/mol. The summed E-state index contributed by atoms with van der Waals surface area (Å²) in [5.74, 6) is -2.26. The molecule has 0 saturated carbocycles. The number of esters is 1. The van der Waals surface area contributed by atoms with E-state index in [0.29, 0.717) is 26.9 Å². The fraction of sp³-hybridized carbons (Fsp3) is 0.0370. The van der Waals surface area contributed by atoms with Crippen molar-refractivity contribution in [2.45, 2.75) is 6.92 Å². The van der Waals surface area contributed by atoms with Gasteiger partial charge >= 0.3 is 17.8 Å². The Hall–Kier alpha value is -4.20. The molecule has 2 amide bonds. The van der Waals surface area contributed by atoms with E-state index in [2.05, 4.69) is 15.8 Å². The zero-order valence-corrected chi connectivity index (χ0v) is 20.4. The predicted octanol–water partition coefficient (Wildman–Crippen LogP) is 5.76. The molecule has 0 fully saturated rings. The first-order valence-electron chi connectivity index (χ1n) is 10.7. The number of halogens is 2. The molecule has 0 radical (unpaired) electrons. The van der Waals surface area contributed by atoms with E-state index in [1.807, 2.05) is 31.2 Å². The van der Waals surface area contributed by atoms with Crippen molar-refractivity contribution >= 4 is 63.7 Å². The first-order chi connectivity index (χ1) is 17.3. The van der Waals surface area contributed by atoms with Gasteiger partial charge in [0.25, 0.3) is 0 Å². The minimum atomic E-state index is -0.983. The van der Waals surface area contributed by atoms with E-state index in [4.69, 9.17) is 27.9 Å². The lowest BCUT2D eigenvalue weighted by atomic mass is 10.0. The second-order valence-electron chi connectivity index (χ2n) is 7.71. The maximum Gasteiger partial charge on any atom is 0.343 e. The van der Waals surface area contributed by atoms with Gasteiger partial charge < -0.3 is 10.1 Å². The molecular weight excluding hydrogens is 501 g/mol. The molecular formula is C27H19Cl2N3O4. The van der Waals surface area contributed by atoms with Gasteiger partial charge in [-0.1, -0.05) is 59.6 Å². The van der Waals surface area contributed by atoms with Crippen molar-refractivity contribution in [1.82, 2.24) is 5.43 Å². The van der Waals surface area contributed by atoms with Gasteiger partial charge in [0, 0.05) is 21.3 Å². The highest BCUT2D eigenvalue weighted by molar-refractivity contribution is 6.40. The van der Waals surface area contributed by atoms with Crippen LogP contribution in [0.15, 0.2) is 84.0 Å². The van der Waals surface area contributed by atoms with Crippen molar-refractivity contribution in [2.75, 3.05) is 5.32 Å². The molecule has 0 aromatic heterocycles. The number of amides is 2. The number of fused-ring (bicyclic) bond motifs is 1. The maximum absolute atomic E-state index is 12.7. The third kappa shape index (κ3) is 5.89. The average Bonchev–Trinajstić information content (AvgIpc) is 2.87. The van der Waals surface area contributed by atoms with Crippen LogP contribution >= 0.6 is 23.2 Å². The number of nitrogens with zero attached hydrogens (tertiary/aromatic N) is 1. The molecule has 0 aliphatic heterocycles. The summed E-state index contributed by atoms with van der Waals surface area (Å²) >= 11 is 11.9. The van der Waals surface area contributed by atoms with Crippen LogP contribution in [0, 0.1) is 6.92 Å². The second kappa shape index (κ2) is 11.0. The zero-order valence-electron chi connectivity index (χ0n) is 18.9. The molecule has 9 heteroatoms. The lowest BCUT2D eigenvalue weighted by molar-refractivity contribution is -0.136. The summed E-state index contributed by atoms with van der Waals surface area (Å²) in [5, 5.41) is 8.93. The molecule has 4 aromatic carbocycles. The van der Waals surface area contributed by atoms with Crippen LogP contribution in [0.2, 0.25) is 10.0 Å². The fourth-order valence-electron chi connectivity index (χ4n) is 3.31. The van der Waals surface area contributed by atoms with Gasteiger partial charge in [0.15, 0.2) is 0 Å². The summed E-state index contributed by atoms with van der Waals surface area (Å²) in [7, 11) is 0. The minimum Gasteiger partial charge on any atom is -0.422 e. The zero-order chi connectivity index (χ0) is 25.7. The first kappa shape index (κ1) is 24.9. The lowest BCUT2D eigenvalue weighted by Gasteiger charge is -2.11. The number of aryl methyl sites for hydroxylation is 1. The van der Waals surface area contributed by atoms with Crippen molar-refractivity contribution in [3.8, 4) is 5.75 Å². The molecule has 4 aromatic rings. The van der Waals surface area contributed by atoms with E-state index >= 15 is 0 Å². The van der Waals surface area contributed by atoms with E-state index in [1.54, 1.807) is 54.6 Å². The predicted molar refractivity (Wildman–Crippen MR) is 141 cm³/mol. The maximum atomic E-state index is 12.7. The first-order valence-corrected chi connectivity index (χ1v) is 11.5. The molecule has 2 N–H and O–H groups in total.